The molecule has 0 amide bonds. The average Bonchev–Trinajstić information content (AvgIpc) is 3.67. The van der Waals surface area contributed by atoms with Gasteiger partial charge >= 0.3 is 0 Å². The quantitative estimate of drug-likeness (QED) is 0.225. The molecule has 0 bridgehead atoms. The van der Waals surface area contributed by atoms with E-state index < -0.39 is 0 Å². The monoisotopic (exact) mass is 515 g/mol. The summed E-state index contributed by atoms with van der Waals surface area (Å²) in [6.45, 7) is 0. The van der Waals surface area contributed by atoms with Crippen molar-refractivity contribution < 1.29 is 0 Å². The van der Waals surface area contributed by atoms with Crippen LogP contribution in [0.25, 0.3) is 75.4 Å². The SMILES string of the molecule is c1ccc(-n2c3c4ccccc4ccc3c3ccc4c(c5ccccc5n4-c4nc5ccccc5s4)c32)cc1. The summed E-state index contributed by atoms with van der Waals surface area (Å²) in [5.41, 5.74) is 7.04. The second kappa shape index (κ2) is 7.79. The maximum Gasteiger partial charge on any atom is 0.195 e. The van der Waals surface area contributed by atoms with Crippen molar-refractivity contribution in [2.24, 2.45) is 0 Å². The Bertz CT molecular complexity index is 2360. The second-order valence-corrected chi connectivity index (χ2v) is 11.0. The Labute approximate surface area is 227 Å². The Morgan fingerprint density at radius 1 is 0.487 bits per heavy atom. The second-order valence-electron chi connectivity index (χ2n) is 10.0. The lowest BCUT2D eigenvalue weighted by atomic mass is 10.0. The normalized spacial score (nSPS) is 12.1. The molecule has 9 rings (SSSR count). The van der Waals surface area contributed by atoms with E-state index in [4.69, 9.17) is 4.98 Å². The molecule has 182 valence electrons. The molecule has 0 saturated heterocycles. The van der Waals surface area contributed by atoms with Crippen molar-refractivity contribution in [1.29, 1.82) is 0 Å². The Balaban J connectivity index is 1.54. The molecule has 9 aromatic rings. The Kier molecular flexibility index (Phi) is 4.21. The van der Waals surface area contributed by atoms with Crippen molar-refractivity contribution in [3.63, 3.8) is 0 Å². The molecule has 0 spiro atoms. The van der Waals surface area contributed by atoms with Crippen LogP contribution >= 0.6 is 11.3 Å². The molecular weight excluding hydrogens is 494 g/mol. The molecule has 0 aliphatic rings. The van der Waals surface area contributed by atoms with Gasteiger partial charge in [0.2, 0.25) is 0 Å². The van der Waals surface area contributed by atoms with Gasteiger partial charge in [0.25, 0.3) is 0 Å². The molecule has 0 aliphatic carbocycles. The van der Waals surface area contributed by atoms with Crippen molar-refractivity contribution in [3.8, 4) is 10.8 Å². The number of fused-ring (bicyclic) bond motifs is 10. The van der Waals surface area contributed by atoms with Crippen LogP contribution in [-0.4, -0.2) is 14.1 Å². The molecule has 3 heterocycles. The van der Waals surface area contributed by atoms with Crippen molar-refractivity contribution in [1.82, 2.24) is 14.1 Å². The Morgan fingerprint density at radius 3 is 2.10 bits per heavy atom. The van der Waals surface area contributed by atoms with Crippen LogP contribution in [0.3, 0.4) is 0 Å². The van der Waals surface area contributed by atoms with E-state index in [-0.39, 0.29) is 0 Å². The molecular formula is C35H21N3S. The van der Waals surface area contributed by atoms with E-state index in [1.807, 2.05) is 0 Å². The number of rotatable bonds is 2. The van der Waals surface area contributed by atoms with Crippen molar-refractivity contribution in [3.05, 3.63) is 127 Å². The number of para-hydroxylation sites is 3. The maximum absolute atomic E-state index is 5.07. The third-order valence-corrected chi connectivity index (χ3v) is 8.96. The van der Waals surface area contributed by atoms with Gasteiger partial charge in [0, 0.05) is 32.6 Å². The minimum absolute atomic E-state index is 0.995. The van der Waals surface area contributed by atoms with Crippen LogP contribution in [0.4, 0.5) is 0 Å². The summed E-state index contributed by atoms with van der Waals surface area (Å²) >= 11 is 1.74. The molecule has 0 radical (unpaired) electrons. The number of thiazole rings is 1. The summed E-state index contributed by atoms with van der Waals surface area (Å²) in [6.07, 6.45) is 0. The highest BCUT2D eigenvalue weighted by Crippen LogP contribution is 2.44. The predicted octanol–water partition coefficient (Wildman–Crippen LogP) is 9.64. The van der Waals surface area contributed by atoms with Crippen LogP contribution in [0.5, 0.6) is 0 Å². The van der Waals surface area contributed by atoms with E-state index in [0.29, 0.717) is 0 Å². The number of hydrogen-bond donors (Lipinski definition) is 0. The van der Waals surface area contributed by atoms with Gasteiger partial charge in [-0.05, 0) is 41.8 Å². The molecule has 0 fully saturated rings. The fourth-order valence-corrected chi connectivity index (χ4v) is 7.31. The van der Waals surface area contributed by atoms with Gasteiger partial charge in [0.1, 0.15) is 0 Å². The highest BCUT2D eigenvalue weighted by molar-refractivity contribution is 7.20. The summed E-state index contributed by atoms with van der Waals surface area (Å²) in [5, 5.41) is 8.53. The molecule has 39 heavy (non-hydrogen) atoms. The fourth-order valence-electron chi connectivity index (χ4n) is 6.31. The standard InChI is InChI=1S/C35H21N3S/c1-2-11-23(12-3-1)37-33-24-13-5-4-10-22(24)18-19-25(33)26-20-21-30-32(34(26)37)27-14-6-8-16-29(27)38(30)35-36-28-15-7-9-17-31(28)39-35/h1-21H. The van der Waals surface area contributed by atoms with E-state index >= 15 is 0 Å². The minimum Gasteiger partial charge on any atom is -0.308 e. The first-order chi connectivity index (χ1) is 19.4. The molecule has 3 nitrogen and oxygen atoms in total. The Morgan fingerprint density at radius 2 is 1.21 bits per heavy atom. The largest absolute Gasteiger partial charge is 0.308 e. The summed E-state index contributed by atoms with van der Waals surface area (Å²) in [5.74, 6) is 0. The zero-order valence-electron chi connectivity index (χ0n) is 20.9. The van der Waals surface area contributed by atoms with Crippen molar-refractivity contribution >= 4 is 75.9 Å². The summed E-state index contributed by atoms with van der Waals surface area (Å²) in [6, 6.07) is 45.8. The smallest absolute Gasteiger partial charge is 0.195 e. The number of hydrogen-bond acceptors (Lipinski definition) is 2. The third-order valence-electron chi connectivity index (χ3n) is 7.94. The van der Waals surface area contributed by atoms with E-state index in [2.05, 4.69) is 137 Å². The van der Waals surface area contributed by atoms with Gasteiger partial charge in [-0.3, -0.25) is 4.57 Å². The lowest BCUT2D eigenvalue weighted by Crippen LogP contribution is -1.95. The summed E-state index contributed by atoms with van der Waals surface area (Å²) in [4.78, 5) is 5.07. The summed E-state index contributed by atoms with van der Waals surface area (Å²) in [7, 11) is 0. The highest BCUT2D eigenvalue weighted by atomic mass is 32.1. The molecule has 0 atom stereocenters. The number of aromatic nitrogens is 3. The lowest BCUT2D eigenvalue weighted by molar-refractivity contribution is 1.15. The molecule has 0 unspecified atom stereocenters. The predicted molar refractivity (Wildman–Crippen MR) is 166 cm³/mol. The molecule has 0 saturated carbocycles. The average molecular weight is 516 g/mol. The van der Waals surface area contributed by atoms with Gasteiger partial charge in [-0.15, -0.1) is 0 Å². The lowest BCUT2D eigenvalue weighted by Gasteiger charge is -2.10. The van der Waals surface area contributed by atoms with E-state index in [0.717, 1.165) is 16.3 Å². The number of nitrogens with zero attached hydrogens (tertiary/aromatic N) is 3. The van der Waals surface area contributed by atoms with Gasteiger partial charge in [-0.2, -0.15) is 0 Å². The van der Waals surface area contributed by atoms with Crippen LogP contribution in [0.2, 0.25) is 0 Å². The van der Waals surface area contributed by atoms with Crippen LogP contribution in [-0.2, 0) is 0 Å². The Hall–Kier alpha value is -4.93. The van der Waals surface area contributed by atoms with Gasteiger partial charge < -0.3 is 4.57 Å². The fraction of sp³-hybridized carbons (Fsp3) is 0. The van der Waals surface area contributed by atoms with Crippen LogP contribution in [0.15, 0.2) is 127 Å². The molecule has 6 aromatic carbocycles. The third kappa shape index (κ3) is 2.84. The van der Waals surface area contributed by atoms with Gasteiger partial charge in [-0.25, -0.2) is 4.98 Å². The molecule has 3 aromatic heterocycles. The first-order valence-electron chi connectivity index (χ1n) is 13.2. The van der Waals surface area contributed by atoms with Crippen LogP contribution in [0.1, 0.15) is 0 Å². The van der Waals surface area contributed by atoms with Crippen molar-refractivity contribution in [2.45, 2.75) is 0 Å². The minimum atomic E-state index is 0.995. The first kappa shape index (κ1) is 21.1. The van der Waals surface area contributed by atoms with Gasteiger partial charge in [-0.1, -0.05) is 102 Å². The molecule has 4 heteroatoms. The zero-order chi connectivity index (χ0) is 25.5. The van der Waals surface area contributed by atoms with Crippen LogP contribution < -0.4 is 0 Å². The topological polar surface area (TPSA) is 22.8 Å². The van der Waals surface area contributed by atoms with E-state index in [1.54, 1.807) is 11.3 Å². The molecule has 0 N–H and O–H groups in total. The highest BCUT2D eigenvalue weighted by Gasteiger charge is 2.22. The van der Waals surface area contributed by atoms with Gasteiger partial charge in [0.15, 0.2) is 5.13 Å². The first-order valence-corrected chi connectivity index (χ1v) is 14.0. The van der Waals surface area contributed by atoms with E-state index in [9.17, 15) is 0 Å². The van der Waals surface area contributed by atoms with Gasteiger partial charge in [0.05, 0.1) is 32.3 Å². The zero-order valence-corrected chi connectivity index (χ0v) is 21.7. The molecule has 0 aliphatic heterocycles. The maximum atomic E-state index is 5.07. The summed E-state index contributed by atoms with van der Waals surface area (Å²) < 4.78 is 6.02. The number of benzene rings is 6. The van der Waals surface area contributed by atoms with Crippen molar-refractivity contribution in [2.75, 3.05) is 0 Å². The van der Waals surface area contributed by atoms with E-state index in [1.165, 1.54) is 59.1 Å². The van der Waals surface area contributed by atoms with Crippen LogP contribution in [0, 0.1) is 0 Å².